The fourth-order valence-electron chi connectivity index (χ4n) is 10.3. The summed E-state index contributed by atoms with van der Waals surface area (Å²) >= 11 is -0.826. The molecule has 0 aliphatic carbocycles. The van der Waals surface area contributed by atoms with E-state index in [0.29, 0.717) is 11.8 Å². The molecule has 0 fully saturated rings. The van der Waals surface area contributed by atoms with E-state index in [1.165, 1.54) is 123 Å². The van der Waals surface area contributed by atoms with Crippen LogP contribution in [-0.4, -0.2) is 9.52 Å². The number of halogens is 2. The first kappa shape index (κ1) is 54.9. The van der Waals surface area contributed by atoms with Gasteiger partial charge in [0.25, 0.3) is 0 Å². The predicted octanol–water partition coefficient (Wildman–Crippen LogP) is 19.9. The summed E-state index contributed by atoms with van der Waals surface area (Å²) in [7, 11) is 10.7. The molecule has 0 saturated heterocycles. The smallest absolute Gasteiger partial charge is 0.0920 e. The second kappa shape index (κ2) is 24.6. The van der Waals surface area contributed by atoms with Crippen LogP contribution in [0.3, 0.4) is 0 Å². The van der Waals surface area contributed by atoms with Crippen LogP contribution in [0.2, 0.25) is 0 Å². The zero-order valence-electron chi connectivity index (χ0n) is 44.9. The maximum atomic E-state index is 4.93. The van der Waals surface area contributed by atoms with Gasteiger partial charge in [-0.3, -0.25) is 0 Å². The van der Waals surface area contributed by atoms with Gasteiger partial charge in [0.1, 0.15) is 0 Å². The summed E-state index contributed by atoms with van der Waals surface area (Å²) < 4.78 is 0. The molecule has 10 aromatic rings. The molecule has 0 bridgehead atoms. The molecule has 0 amide bonds. The third-order valence-electron chi connectivity index (χ3n) is 14.7. The van der Waals surface area contributed by atoms with Crippen LogP contribution in [0.4, 0.5) is 0 Å². The van der Waals surface area contributed by atoms with E-state index in [0.717, 1.165) is 9.52 Å². The second-order valence-electron chi connectivity index (χ2n) is 21.7. The monoisotopic (exact) mass is 1100 g/mol. The maximum Gasteiger partial charge on any atom is 0.0920 e. The standard InChI is InChI=1S/2C29H31.C12H7Si.2ClH.Zr/c2*1-6-20(2)23-18-22-16-17-27(29(3,4)5)28(26(22)19-23)25-15-11-10-14-24(25)21-12-8-7-9-13-21;1-3-7-11-9(5-1)10-6-2-4-8-12(10)13-11;;;/h2*7-20H,6H2,1-5H3;1-7H;2*1H;/q3*-1;;;+2/p-2. The van der Waals surface area contributed by atoms with Gasteiger partial charge in [-0.2, -0.15) is 41.6 Å². The summed E-state index contributed by atoms with van der Waals surface area (Å²) in [5.41, 5.74) is 19.2. The van der Waals surface area contributed by atoms with Gasteiger partial charge in [0.15, 0.2) is 0 Å². The van der Waals surface area contributed by atoms with Crippen LogP contribution in [0.1, 0.15) is 116 Å². The SMILES string of the molecule is CCC(C)c1cc2c(-c3ccccc3-c3ccccc3)c(C(C)(C)C)ccc2[cH-]1.CCC(C)c1cc2c(-c3ccccc3-c3ccccc3)c(C(C)(C)C)ccc2[cH-]1.[Cl][Zr][Cl].[c-]1cccc2c1[Si]c1ccccc1-2. The Morgan fingerprint density at radius 1 is 0.473 bits per heavy atom. The van der Waals surface area contributed by atoms with Crippen LogP contribution in [-0.2, 0) is 31.7 Å². The Morgan fingerprint density at radius 2 is 0.851 bits per heavy atom. The molecular formula is C70H69Cl2SiZr-3. The molecule has 11 rings (SSSR count). The van der Waals surface area contributed by atoms with Gasteiger partial charge in [0.05, 0.1) is 9.52 Å². The molecule has 0 saturated carbocycles. The zero-order valence-corrected chi connectivity index (χ0v) is 49.8. The van der Waals surface area contributed by atoms with Crippen LogP contribution in [0.15, 0.2) is 200 Å². The Kier molecular flexibility index (Phi) is 18.2. The molecule has 0 nitrogen and oxygen atoms in total. The molecule has 1 aliphatic rings. The predicted molar refractivity (Wildman–Crippen MR) is 323 cm³/mol. The van der Waals surface area contributed by atoms with Gasteiger partial charge in [-0.25, -0.2) is 0 Å². The number of fused-ring (bicyclic) bond motifs is 5. The van der Waals surface area contributed by atoms with E-state index in [2.05, 4.69) is 269 Å². The Labute approximate surface area is 464 Å². The van der Waals surface area contributed by atoms with E-state index in [1.54, 1.807) is 0 Å². The molecule has 0 spiro atoms. The maximum absolute atomic E-state index is 4.93. The van der Waals surface area contributed by atoms with Crippen molar-refractivity contribution in [1.82, 2.24) is 0 Å². The Balaban J connectivity index is 0.000000153. The van der Waals surface area contributed by atoms with Crippen LogP contribution >= 0.6 is 17.0 Å². The van der Waals surface area contributed by atoms with Gasteiger partial charge in [0, 0.05) is 0 Å². The molecule has 2 atom stereocenters. The largest absolute Gasteiger partial charge is 0.184 e. The van der Waals surface area contributed by atoms with Crippen LogP contribution in [0.25, 0.3) is 77.2 Å². The first-order chi connectivity index (χ1) is 35.7. The molecule has 1 aliphatic heterocycles. The summed E-state index contributed by atoms with van der Waals surface area (Å²) in [6, 6.07) is 76.4. The summed E-state index contributed by atoms with van der Waals surface area (Å²) in [5, 5.41) is 8.30. The van der Waals surface area contributed by atoms with Crippen LogP contribution < -0.4 is 10.4 Å². The Morgan fingerprint density at radius 3 is 1.27 bits per heavy atom. The summed E-state index contributed by atoms with van der Waals surface area (Å²) in [6.45, 7) is 23.1. The normalized spacial score (nSPS) is 12.5. The fraction of sp³-hybridized carbons (Fsp3) is 0.229. The van der Waals surface area contributed by atoms with E-state index < -0.39 is 20.8 Å². The molecule has 10 aromatic carbocycles. The van der Waals surface area contributed by atoms with Crippen molar-refractivity contribution >= 4 is 58.5 Å². The first-order valence-electron chi connectivity index (χ1n) is 26.3. The average molecular weight is 1100 g/mol. The zero-order chi connectivity index (χ0) is 52.6. The van der Waals surface area contributed by atoms with E-state index in [1.807, 2.05) is 6.07 Å². The topological polar surface area (TPSA) is 0 Å². The fourth-order valence-corrected chi connectivity index (χ4v) is 11.7. The minimum absolute atomic E-state index is 0.0706. The summed E-state index contributed by atoms with van der Waals surface area (Å²) in [6.07, 6.45) is 2.33. The molecule has 2 radical (unpaired) electrons. The number of rotatable bonds is 8. The summed E-state index contributed by atoms with van der Waals surface area (Å²) in [4.78, 5) is 0. The van der Waals surface area contributed by atoms with Crippen LogP contribution in [0.5, 0.6) is 0 Å². The molecule has 0 aromatic heterocycles. The number of benzene rings is 8. The van der Waals surface area contributed by atoms with Gasteiger partial charge in [-0.1, -0.05) is 249 Å². The van der Waals surface area contributed by atoms with Crippen LogP contribution in [0, 0.1) is 6.07 Å². The van der Waals surface area contributed by atoms with Gasteiger partial charge in [-0.05, 0) is 56.0 Å². The Bertz CT molecular complexity index is 3210. The molecule has 4 heteroatoms. The summed E-state index contributed by atoms with van der Waals surface area (Å²) in [5.74, 6) is 1.16. The van der Waals surface area contributed by atoms with Gasteiger partial charge >= 0.3 is 37.9 Å². The van der Waals surface area contributed by atoms with Crippen molar-refractivity contribution in [2.45, 2.75) is 105 Å². The number of hydrogen-bond donors (Lipinski definition) is 0. The van der Waals surface area contributed by atoms with Crippen molar-refractivity contribution in [1.29, 1.82) is 0 Å². The molecule has 0 N–H and O–H groups in total. The second-order valence-corrected chi connectivity index (χ2v) is 26.7. The van der Waals surface area contributed by atoms with Crippen molar-refractivity contribution in [3.05, 3.63) is 229 Å². The minimum atomic E-state index is -0.826. The first-order valence-corrected chi connectivity index (χ1v) is 33.6. The van der Waals surface area contributed by atoms with E-state index >= 15 is 0 Å². The molecule has 1 heterocycles. The minimum Gasteiger partial charge on any atom is -0.184 e. The average Bonchev–Trinajstić information content (AvgIpc) is 4.17. The van der Waals surface area contributed by atoms with Gasteiger partial charge < -0.3 is 0 Å². The molecular weight excluding hydrogens is 1030 g/mol. The molecule has 74 heavy (non-hydrogen) atoms. The van der Waals surface area contributed by atoms with Crippen molar-refractivity contribution in [2.75, 3.05) is 0 Å². The van der Waals surface area contributed by atoms with E-state index in [9.17, 15) is 0 Å². The Hall–Kier alpha value is -5.34. The van der Waals surface area contributed by atoms with E-state index in [4.69, 9.17) is 17.0 Å². The van der Waals surface area contributed by atoms with Crippen molar-refractivity contribution < 1.29 is 20.8 Å². The van der Waals surface area contributed by atoms with Gasteiger partial charge in [0.2, 0.25) is 0 Å². The van der Waals surface area contributed by atoms with Crippen molar-refractivity contribution in [2.24, 2.45) is 0 Å². The molecule has 2 unspecified atom stereocenters. The third-order valence-corrected chi connectivity index (χ3v) is 16.1. The number of hydrogen-bond acceptors (Lipinski definition) is 0. The van der Waals surface area contributed by atoms with Crippen molar-refractivity contribution in [3.63, 3.8) is 0 Å². The van der Waals surface area contributed by atoms with Crippen molar-refractivity contribution in [3.8, 4) is 55.6 Å². The van der Waals surface area contributed by atoms with E-state index in [-0.39, 0.29) is 10.8 Å². The molecule has 374 valence electrons. The third kappa shape index (κ3) is 12.3. The van der Waals surface area contributed by atoms with Gasteiger partial charge in [-0.15, -0.1) is 74.6 Å². The quantitative estimate of drug-likeness (QED) is 0.105.